The predicted molar refractivity (Wildman–Crippen MR) is 209 cm³/mol. The maximum Gasteiger partial charge on any atom is 0.353 e. The Morgan fingerprint density at radius 1 is 0.808 bits per heavy atom. The minimum atomic E-state index is -0.658. The fourth-order valence-corrected chi connectivity index (χ4v) is 9.69. The van der Waals surface area contributed by atoms with Gasteiger partial charge in [0.2, 0.25) is 11.8 Å². The number of hydrogen-bond acceptors (Lipinski definition) is 7. The molecular formula is C44H37NO5S2. The molecule has 2 saturated heterocycles. The normalized spacial score (nSPS) is 21.4. The van der Waals surface area contributed by atoms with E-state index in [4.69, 9.17) is 9.47 Å². The summed E-state index contributed by atoms with van der Waals surface area (Å²) < 4.78 is 11.9. The van der Waals surface area contributed by atoms with Crippen LogP contribution < -0.4 is 9.64 Å². The van der Waals surface area contributed by atoms with Gasteiger partial charge in [0, 0.05) is 14.6 Å². The number of allylic oxidation sites excluding steroid dienone is 2. The Kier molecular flexibility index (Phi) is 9.22. The Morgan fingerprint density at radius 3 is 2.10 bits per heavy atom. The van der Waals surface area contributed by atoms with Crippen molar-refractivity contribution in [2.24, 2.45) is 11.8 Å². The maximum atomic E-state index is 13.7. The van der Waals surface area contributed by atoms with Crippen LogP contribution in [0.4, 0.5) is 5.69 Å². The molecule has 0 radical (unpaired) electrons. The van der Waals surface area contributed by atoms with Crippen molar-refractivity contribution in [3.8, 4) is 16.2 Å². The topological polar surface area (TPSA) is 72.9 Å². The minimum absolute atomic E-state index is 0.317. The summed E-state index contributed by atoms with van der Waals surface area (Å²) in [5, 5.41) is 0. The number of fused-ring (bicyclic) bond motifs is 1. The van der Waals surface area contributed by atoms with E-state index < -0.39 is 30.0 Å². The Balaban J connectivity index is 0.982. The molecule has 2 aromatic heterocycles. The van der Waals surface area contributed by atoms with Gasteiger partial charge in [0.25, 0.3) is 0 Å². The lowest BCUT2D eigenvalue weighted by molar-refractivity contribution is -0.124. The van der Waals surface area contributed by atoms with Gasteiger partial charge in [-0.15, -0.1) is 29.3 Å². The lowest BCUT2D eigenvalue weighted by Crippen LogP contribution is -2.35. The minimum Gasteiger partial charge on any atom is -0.422 e. The highest BCUT2D eigenvalue weighted by Gasteiger charge is 2.58. The number of carbonyl (C=O) groups excluding carboxylic acids is 3. The second kappa shape index (κ2) is 14.1. The van der Waals surface area contributed by atoms with Crippen LogP contribution in [0.1, 0.15) is 55.4 Å². The smallest absolute Gasteiger partial charge is 0.353 e. The number of benzene rings is 3. The third-order valence-electron chi connectivity index (χ3n) is 10.2. The van der Waals surface area contributed by atoms with Crippen LogP contribution in [-0.4, -0.2) is 30.0 Å². The standard InChI is InChI=1S/C44H37NO5S2/c1-4-36-40-41(37(50-36)23-18-28-12-7-5-8-13-28)43(47)45(42(40)46)30-19-21-31(22-20-30)49-44(48)39-25-35(27(3)52-39)33-17-11-16-32(33)34-24-38(51-26(34)2)29-14-9-6-10-15-29/h4-10,12-15,18-25,36-37,40-41H,1,11,16-17H2,2-3H3/b23-18-. The van der Waals surface area contributed by atoms with Gasteiger partial charge in [-0.2, -0.15) is 0 Å². The van der Waals surface area contributed by atoms with Crippen molar-refractivity contribution in [1.82, 2.24) is 0 Å². The van der Waals surface area contributed by atoms with E-state index in [-0.39, 0.29) is 11.8 Å². The summed E-state index contributed by atoms with van der Waals surface area (Å²) in [6.07, 6.45) is 7.27. The van der Waals surface area contributed by atoms with E-state index in [1.807, 2.05) is 66.0 Å². The van der Waals surface area contributed by atoms with Crippen LogP contribution in [0.15, 0.2) is 116 Å². The monoisotopic (exact) mass is 723 g/mol. The number of amides is 2. The molecule has 2 amide bonds. The number of imide groups is 1. The van der Waals surface area contributed by atoms with Gasteiger partial charge in [-0.3, -0.25) is 9.59 Å². The van der Waals surface area contributed by atoms with Crippen LogP contribution in [-0.2, 0) is 14.3 Å². The number of aryl methyl sites for hydroxylation is 2. The van der Waals surface area contributed by atoms with E-state index in [0.29, 0.717) is 16.3 Å². The third kappa shape index (κ3) is 6.21. The summed E-state index contributed by atoms with van der Waals surface area (Å²) in [6, 6.07) is 31.1. The summed E-state index contributed by atoms with van der Waals surface area (Å²) in [6.45, 7) is 8.11. The van der Waals surface area contributed by atoms with Crippen molar-refractivity contribution in [3.05, 3.63) is 147 Å². The van der Waals surface area contributed by atoms with Crippen LogP contribution >= 0.6 is 22.7 Å². The lowest BCUT2D eigenvalue weighted by atomic mass is 9.89. The van der Waals surface area contributed by atoms with Crippen molar-refractivity contribution in [2.45, 2.75) is 45.3 Å². The van der Waals surface area contributed by atoms with Gasteiger partial charge in [-0.25, -0.2) is 9.69 Å². The molecule has 8 heteroatoms. The SMILES string of the molecule is C=CC1OC(/C=C\c2ccccc2)C2C(=O)N(c3ccc(OC(=O)c4cc(C5=C(c6cc(-c7ccccc7)sc6C)CCC5)c(C)s4)cc3)C(=O)C12. The quantitative estimate of drug-likeness (QED) is 0.0655. The van der Waals surface area contributed by atoms with Crippen LogP contribution in [0, 0.1) is 25.7 Å². The average molecular weight is 724 g/mol. The molecule has 8 rings (SSSR count). The van der Waals surface area contributed by atoms with Crippen LogP contribution in [0.3, 0.4) is 0 Å². The number of carbonyl (C=O) groups is 3. The molecular weight excluding hydrogens is 687 g/mol. The van der Waals surface area contributed by atoms with Gasteiger partial charge in [0.1, 0.15) is 10.6 Å². The van der Waals surface area contributed by atoms with E-state index in [0.717, 1.165) is 35.3 Å². The summed E-state index contributed by atoms with van der Waals surface area (Å²) in [7, 11) is 0. The summed E-state index contributed by atoms with van der Waals surface area (Å²) >= 11 is 3.27. The number of anilines is 1. The van der Waals surface area contributed by atoms with Crippen LogP contribution in [0.25, 0.3) is 27.7 Å². The number of rotatable bonds is 9. The molecule has 4 atom stereocenters. The molecule has 260 valence electrons. The largest absolute Gasteiger partial charge is 0.422 e. The molecule has 2 aliphatic heterocycles. The molecule has 4 heterocycles. The molecule has 2 fully saturated rings. The highest BCUT2D eigenvalue weighted by atomic mass is 32.1. The summed E-state index contributed by atoms with van der Waals surface area (Å²) in [5.41, 5.74) is 7.72. The highest BCUT2D eigenvalue weighted by molar-refractivity contribution is 7.15. The van der Waals surface area contributed by atoms with Crippen LogP contribution in [0.5, 0.6) is 5.75 Å². The Bertz CT molecular complexity index is 2250. The van der Waals surface area contributed by atoms with Crippen molar-refractivity contribution < 1.29 is 23.9 Å². The first-order chi connectivity index (χ1) is 25.3. The lowest BCUT2D eigenvalue weighted by Gasteiger charge is -2.19. The molecule has 0 bridgehead atoms. The van der Waals surface area contributed by atoms with Gasteiger partial charge in [-0.05, 0) is 103 Å². The maximum absolute atomic E-state index is 13.7. The molecule has 3 aromatic carbocycles. The van der Waals surface area contributed by atoms with Crippen molar-refractivity contribution >= 4 is 63.4 Å². The number of esters is 1. The zero-order valence-corrected chi connectivity index (χ0v) is 30.5. The van der Waals surface area contributed by atoms with Crippen molar-refractivity contribution in [3.63, 3.8) is 0 Å². The Morgan fingerprint density at radius 2 is 1.42 bits per heavy atom. The summed E-state index contributed by atoms with van der Waals surface area (Å²) in [4.78, 5) is 46.2. The Hall–Kier alpha value is -5.15. The van der Waals surface area contributed by atoms with E-state index in [1.165, 1.54) is 48.3 Å². The van der Waals surface area contributed by atoms with Crippen LogP contribution in [0.2, 0.25) is 0 Å². The molecule has 3 aliphatic rings. The first-order valence-corrected chi connectivity index (χ1v) is 19.1. The van der Waals surface area contributed by atoms with Crippen molar-refractivity contribution in [1.29, 1.82) is 0 Å². The van der Waals surface area contributed by atoms with E-state index in [9.17, 15) is 14.4 Å². The fraction of sp³-hybridized carbons (Fsp3) is 0.205. The molecule has 0 saturated carbocycles. The first-order valence-electron chi connectivity index (χ1n) is 17.5. The molecule has 4 unspecified atom stereocenters. The zero-order chi connectivity index (χ0) is 35.9. The van der Waals surface area contributed by atoms with Gasteiger partial charge in [0.15, 0.2) is 0 Å². The van der Waals surface area contributed by atoms with Gasteiger partial charge in [0.05, 0.1) is 29.7 Å². The molecule has 5 aromatic rings. The predicted octanol–water partition coefficient (Wildman–Crippen LogP) is 10.2. The highest BCUT2D eigenvalue weighted by Crippen LogP contribution is 2.47. The van der Waals surface area contributed by atoms with Gasteiger partial charge >= 0.3 is 5.97 Å². The average Bonchev–Trinajstić information content (AvgIpc) is 3.99. The number of thiophene rings is 2. The van der Waals surface area contributed by atoms with E-state index in [2.05, 4.69) is 50.8 Å². The van der Waals surface area contributed by atoms with E-state index >= 15 is 0 Å². The number of nitrogens with zero attached hydrogens (tertiary/aromatic N) is 1. The fourth-order valence-electron chi connectivity index (χ4n) is 7.71. The first kappa shape index (κ1) is 34.0. The molecule has 6 nitrogen and oxygen atoms in total. The number of hydrogen-bond donors (Lipinski definition) is 0. The summed E-state index contributed by atoms with van der Waals surface area (Å²) in [5.74, 6) is -2.06. The molecule has 1 aliphatic carbocycles. The third-order valence-corrected chi connectivity index (χ3v) is 12.3. The Labute approximate surface area is 311 Å². The van der Waals surface area contributed by atoms with Gasteiger partial charge in [-0.1, -0.05) is 78.9 Å². The zero-order valence-electron chi connectivity index (χ0n) is 28.9. The van der Waals surface area contributed by atoms with Crippen molar-refractivity contribution in [2.75, 3.05) is 4.90 Å². The molecule has 0 N–H and O–H groups in total. The second-order valence-corrected chi connectivity index (χ2v) is 15.9. The second-order valence-electron chi connectivity index (χ2n) is 13.4. The van der Waals surface area contributed by atoms with E-state index in [1.54, 1.807) is 30.3 Å². The molecule has 0 spiro atoms. The number of ether oxygens (including phenoxy) is 2. The molecule has 52 heavy (non-hydrogen) atoms. The van der Waals surface area contributed by atoms with Gasteiger partial charge < -0.3 is 9.47 Å².